The maximum absolute atomic E-state index is 13.0. The van der Waals surface area contributed by atoms with E-state index in [1.54, 1.807) is 37.8 Å². The van der Waals surface area contributed by atoms with Crippen LogP contribution in [0.25, 0.3) is 0 Å². The molecule has 1 atom stereocenters. The first-order valence-electron chi connectivity index (χ1n) is 9.53. The predicted molar refractivity (Wildman–Crippen MR) is 113 cm³/mol. The normalized spacial score (nSPS) is 11.7. The predicted octanol–water partition coefficient (Wildman–Crippen LogP) is 3.96. The molecule has 0 saturated carbocycles. The van der Waals surface area contributed by atoms with Crippen molar-refractivity contribution in [2.75, 3.05) is 7.11 Å². The summed E-state index contributed by atoms with van der Waals surface area (Å²) < 4.78 is 6.81. The van der Waals surface area contributed by atoms with Crippen LogP contribution in [-0.2, 0) is 6.54 Å². The minimum atomic E-state index is -0.428. The summed E-state index contributed by atoms with van der Waals surface area (Å²) in [4.78, 5) is 23.8. The van der Waals surface area contributed by atoms with Crippen LogP contribution in [-0.4, -0.2) is 27.7 Å². The molecule has 1 N–H and O–H groups in total. The molecule has 0 radical (unpaired) electrons. The monoisotopic (exact) mass is 408 g/mol. The minimum Gasteiger partial charge on any atom is -0.497 e. The summed E-state index contributed by atoms with van der Waals surface area (Å²) in [5.41, 5.74) is 2.97. The van der Waals surface area contributed by atoms with Gasteiger partial charge in [-0.2, -0.15) is 5.10 Å². The van der Waals surface area contributed by atoms with E-state index in [1.807, 2.05) is 43.3 Å². The van der Waals surface area contributed by atoms with E-state index in [0.29, 0.717) is 17.0 Å². The van der Waals surface area contributed by atoms with E-state index in [9.17, 15) is 14.9 Å². The molecule has 0 aliphatic carbocycles. The number of methoxy groups -OCH3 is 1. The van der Waals surface area contributed by atoms with Crippen molar-refractivity contribution in [1.82, 2.24) is 15.1 Å². The van der Waals surface area contributed by atoms with Crippen LogP contribution in [0.3, 0.4) is 0 Å². The van der Waals surface area contributed by atoms with Crippen molar-refractivity contribution >= 4 is 11.6 Å². The average Bonchev–Trinajstić information content (AvgIpc) is 3.01. The van der Waals surface area contributed by atoms with E-state index >= 15 is 0 Å². The second-order valence-electron chi connectivity index (χ2n) is 7.06. The maximum atomic E-state index is 13.0. The zero-order chi connectivity index (χ0) is 21.8. The van der Waals surface area contributed by atoms with Gasteiger partial charge in [0, 0.05) is 5.56 Å². The second-order valence-corrected chi connectivity index (χ2v) is 7.06. The summed E-state index contributed by atoms with van der Waals surface area (Å²) in [5, 5.41) is 18.6. The molecular weight excluding hydrogens is 384 g/mol. The van der Waals surface area contributed by atoms with Crippen LogP contribution >= 0.6 is 0 Å². The van der Waals surface area contributed by atoms with Crippen LogP contribution in [0.2, 0.25) is 0 Å². The van der Waals surface area contributed by atoms with Crippen molar-refractivity contribution < 1.29 is 14.5 Å². The number of hydrogen-bond donors (Lipinski definition) is 1. The molecule has 156 valence electrons. The first-order chi connectivity index (χ1) is 14.3. The Balaban J connectivity index is 1.84. The SMILES string of the molecule is COc1cccc([C@H](C)NC(=O)c2ccccc2Cn2nc(C)c([N+](=O)[O-])c2C)c1. The number of aryl methyl sites for hydroxylation is 1. The standard InChI is InChI=1S/C22H24N4O4/c1-14(17-9-7-10-19(12-17)30-4)23-22(27)20-11-6-5-8-18(20)13-25-16(3)21(26(28)29)15(2)24-25/h5-12,14H,13H2,1-4H3,(H,23,27)/t14-/m0/s1. The molecule has 0 spiro atoms. The summed E-state index contributed by atoms with van der Waals surface area (Å²) in [5.74, 6) is 0.497. The van der Waals surface area contributed by atoms with Crippen molar-refractivity contribution in [2.24, 2.45) is 0 Å². The van der Waals surface area contributed by atoms with Gasteiger partial charge < -0.3 is 10.1 Å². The third-order valence-corrected chi connectivity index (χ3v) is 5.05. The van der Waals surface area contributed by atoms with E-state index in [2.05, 4.69) is 10.4 Å². The Kier molecular flexibility index (Phi) is 6.15. The topological polar surface area (TPSA) is 99.3 Å². The van der Waals surface area contributed by atoms with Crippen LogP contribution in [0.1, 0.15) is 45.8 Å². The van der Waals surface area contributed by atoms with E-state index in [-0.39, 0.29) is 24.2 Å². The molecular formula is C22H24N4O4. The quantitative estimate of drug-likeness (QED) is 0.471. The van der Waals surface area contributed by atoms with E-state index < -0.39 is 4.92 Å². The van der Waals surface area contributed by atoms with Gasteiger partial charge in [0.1, 0.15) is 17.1 Å². The molecule has 1 amide bonds. The zero-order valence-corrected chi connectivity index (χ0v) is 17.4. The van der Waals surface area contributed by atoms with Gasteiger partial charge in [-0.15, -0.1) is 0 Å². The number of hydrogen-bond acceptors (Lipinski definition) is 5. The van der Waals surface area contributed by atoms with Crippen LogP contribution in [0, 0.1) is 24.0 Å². The van der Waals surface area contributed by atoms with E-state index in [0.717, 1.165) is 16.9 Å². The number of carbonyl (C=O) groups excluding carboxylic acids is 1. The smallest absolute Gasteiger partial charge is 0.312 e. The Labute approximate surface area is 174 Å². The van der Waals surface area contributed by atoms with Gasteiger partial charge >= 0.3 is 5.69 Å². The molecule has 8 nitrogen and oxygen atoms in total. The number of carbonyl (C=O) groups is 1. The molecule has 1 heterocycles. The number of nitro groups is 1. The molecule has 0 bridgehead atoms. The fourth-order valence-electron chi connectivity index (χ4n) is 3.42. The van der Waals surface area contributed by atoms with Crippen LogP contribution in [0.15, 0.2) is 48.5 Å². The molecule has 0 aliphatic heterocycles. The van der Waals surface area contributed by atoms with Crippen LogP contribution in [0.4, 0.5) is 5.69 Å². The molecule has 0 saturated heterocycles. The van der Waals surface area contributed by atoms with E-state index in [1.165, 1.54) is 0 Å². The molecule has 8 heteroatoms. The number of aromatic nitrogens is 2. The highest BCUT2D eigenvalue weighted by atomic mass is 16.6. The summed E-state index contributed by atoms with van der Waals surface area (Å²) >= 11 is 0. The van der Waals surface area contributed by atoms with E-state index in [4.69, 9.17) is 4.74 Å². The lowest BCUT2D eigenvalue weighted by Gasteiger charge is -2.17. The van der Waals surface area contributed by atoms with Gasteiger partial charge in [0.25, 0.3) is 5.91 Å². The van der Waals surface area contributed by atoms with Crippen molar-refractivity contribution in [1.29, 1.82) is 0 Å². The van der Waals surface area contributed by atoms with Crippen molar-refractivity contribution in [3.8, 4) is 5.75 Å². The highest BCUT2D eigenvalue weighted by Crippen LogP contribution is 2.24. The summed E-state index contributed by atoms with van der Waals surface area (Å²) in [6.45, 7) is 5.43. The highest BCUT2D eigenvalue weighted by Gasteiger charge is 2.23. The number of amides is 1. The molecule has 2 aromatic carbocycles. The first kappa shape index (κ1) is 21.0. The Bertz CT molecular complexity index is 1090. The summed E-state index contributed by atoms with van der Waals surface area (Å²) in [7, 11) is 1.60. The van der Waals surface area contributed by atoms with Gasteiger partial charge in [0.15, 0.2) is 0 Å². The van der Waals surface area contributed by atoms with Gasteiger partial charge in [-0.1, -0.05) is 30.3 Å². The number of nitrogens with zero attached hydrogens (tertiary/aromatic N) is 3. The molecule has 0 unspecified atom stereocenters. The van der Waals surface area contributed by atoms with Gasteiger partial charge in [-0.3, -0.25) is 19.6 Å². The first-order valence-corrected chi connectivity index (χ1v) is 9.53. The Morgan fingerprint density at radius 2 is 1.97 bits per heavy atom. The average molecular weight is 408 g/mol. The largest absolute Gasteiger partial charge is 0.497 e. The lowest BCUT2D eigenvalue weighted by molar-refractivity contribution is -0.386. The molecule has 1 aromatic heterocycles. The number of nitrogens with one attached hydrogen (secondary N) is 1. The maximum Gasteiger partial charge on any atom is 0.312 e. The van der Waals surface area contributed by atoms with Crippen molar-refractivity contribution in [3.63, 3.8) is 0 Å². The zero-order valence-electron chi connectivity index (χ0n) is 17.4. The molecule has 0 aliphatic rings. The third-order valence-electron chi connectivity index (χ3n) is 5.05. The molecule has 0 fully saturated rings. The Hall–Kier alpha value is -3.68. The summed E-state index contributed by atoms with van der Waals surface area (Å²) in [6.07, 6.45) is 0. The van der Waals surface area contributed by atoms with Gasteiger partial charge in [0.2, 0.25) is 0 Å². The van der Waals surface area contributed by atoms with Crippen molar-refractivity contribution in [2.45, 2.75) is 33.4 Å². The van der Waals surface area contributed by atoms with Crippen LogP contribution < -0.4 is 10.1 Å². The lowest BCUT2D eigenvalue weighted by Crippen LogP contribution is -2.28. The number of benzene rings is 2. The fraction of sp³-hybridized carbons (Fsp3) is 0.273. The highest BCUT2D eigenvalue weighted by molar-refractivity contribution is 5.95. The van der Waals surface area contributed by atoms with Crippen molar-refractivity contribution in [3.05, 3.63) is 86.7 Å². The molecule has 30 heavy (non-hydrogen) atoms. The second kappa shape index (κ2) is 8.77. The number of ether oxygens (including phenoxy) is 1. The Morgan fingerprint density at radius 3 is 2.63 bits per heavy atom. The fourth-order valence-corrected chi connectivity index (χ4v) is 3.42. The van der Waals surface area contributed by atoms with Gasteiger partial charge in [-0.05, 0) is 50.1 Å². The summed E-state index contributed by atoms with van der Waals surface area (Å²) in [6, 6.07) is 14.5. The Morgan fingerprint density at radius 1 is 1.23 bits per heavy atom. The number of rotatable bonds is 7. The van der Waals surface area contributed by atoms with Gasteiger partial charge in [0.05, 0.1) is 24.6 Å². The lowest BCUT2D eigenvalue weighted by atomic mass is 10.0. The third kappa shape index (κ3) is 4.32. The van der Waals surface area contributed by atoms with Gasteiger partial charge in [-0.25, -0.2) is 0 Å². The van der Waals surface area contributed by atoms with Crippen LogP contribution in [0.5, 0.6) is 5.75 Å². The minimum absolute atomic E-state index is 0.00331. The molecule has 3 aromatic rings. The molecule has 3 rings (SSSR count).